The van der Waals surface area contributed by atoms with Crippen LogP contribution in [0.1, 0.15) is 18.1 Å². The van der Waals surface area contributed by atoms with Crippen LogP contribution in [-0.4, -0.2) is 31.9 Å². The highest BCUT2D eigenvalue weighted by atomic mass is 35.5. The van der Waals surface area contributed by atoms with Gasteiger partial charge in [0.2, 0.25) is 5.88 Å². The quantitative estimate of drug-likeness (QED) is 0.568. The highest BCUT2D eigenvalue weighted by molar-refractivity contribution is 6.31. The Morgan fingerprint density at radius 1 is 1.07 bits per heavy atom. The first kappa shape index (κ1) is 20.4. The van der Waals surface area contributed by atoms with Crippen molar-refractivity contribution in [1.29, 1.82) is 0 Å². The molecule has 0 aliphatic carbocycles. The number of fused-ring (bicyclic) bond motifs is 1. The van der Waals surface area contributed by atoms with E-state index in [9.17, 15) is 0 Å². The Labute approximate surface area is 170 Å². The van der Waals surface area contributed by atoms with E-state index in [4.69, 9.17) is 30.8 Å². The van der Waals surface area contributed by atoms with Gasteiger partial charge in [0.15, 0.2) is 0 Å². The Morgan fingerprint density at radius 3 is 2.64 bits per heavy atom. The van der Waals surface area contributed by atoms with Gasteiger partial charge in [0.25, 0.3) is 0 Å². The molecule has 0 fully saturated rings. The Balaban J connectivity index is 1.88. The molecule has 5 nitrogen and oxygen atoms in total. The molecule has 0 saturated carbocycles. The lowest BCUT2D eigenvalue weighted by Gasteiger charge is -2.16. The van der Waals surface area contributed by atoms with Crippen LogP contribution in [-0.2, 0) is 17.9 Å². The smallest absolute Gasteiger partial charge is 0.218 e. The fourth-order valence-electron chi connectivity index (χ4n) is 2.91. The van der Waals surface area contributed by atoms with E-state index in [0.29, 0.717) is 30.7 Å². The standard InChI is InChI=1S/C22H25ClN2O3/c1-15(13-26-2)24-12-18-10-16-8-9-19(27-3)11-21(16)25-22(18)28-14-17-6-4-5-7-20(17)23/h4-11,15,24H,12-14H2,1-3H3/t15-/m1/s1. The number of nitrogens with zero attached hydrogens (tertiary/aromatic N) is 1. The van der Waals surface area contributed by atoms with Crippen molar-refractivity contribution in [2.45, 2.75) is 26.1 Å². The number of aromatic nitrogens is 1. The van der Waals surface area contributed by atoms with Crippen LogP contribution in [0.2, 0.25) is 5.02 Å². The zero-order chi connectivity index (χ0) is 19.9. The van der Waals surface area contributed by atoms with Crippen LogP contribution in [0.5, 0.6) is 11.6 Å². The number of methoxy groups -OCH3 is 2. The van der Waals surface area contributed by atoms with Gasteiger partial charge in [-0.25, -0.2) is 4.98 Å². The zero-order valence-electron chi connectivity index (χ0n) is 16.4. The second-order valence-electron chi connectivity index (χ2n) is 6.63. The molecule has 3 aromatic rings. The van der Waals surface area contributed by atoms with Gasteiger partial charge in [-0.1, -0.05) is 29.8 Å². The van der Waals surface area contributed by atoms with E-state index < -0.39 is 0 Å². The summed E-state index contributed by atoms with van der Waals surface area (Å²) in [4.78, 5) is 4.74. The van der Waals surface area contributed by atoms with Gasteiger partial charge >= 0.3 is 0 Å². The molecule has 1 N–H and O–H groups in total. The summed E-state index contributed by atoms with van der Waals surface area (Å²) in [5.41, 5.74) is 2.72. The van der Waals surface area contributed by atoms with Crippen LogP contribution in [0.3, 0.4) is 0 Å². The third kappa shape index (κ3) is 5.13. The maximum Gasteiger partial charge on any atom is 0.218 e. The summed E-state index contributed by atoms with van der Waals surface area (Å²) >= 11 is 6.26. The molecular weight excluding hydrogens is 376 g/mol. The molecule has 0 spiro atoms. The largest absolute Gasteiger partial charge is 0.497 e. The summed E-state index contributed by atoms with van der Waals surface area (Å²) in [7, 11) is 3.34. The van der Waals surface area contributed by atoms with Crippen LogP contribution >= 0.6 is 11.6 Å². The molecule has 0 unspecified atom stereocenters. The minimum absolute atomic E-state index is 0.216. The summed E-state index contributed by atoms with van der Waals surface area (Å²) in [5, 5.41) is 5.15. The van der Waals surface area contributed by atoms with Crippen LogP contribution in [0, 0.1) is 0 Å². The fourth-order valence-corrected chi connectivity index (χ4v) is 3.10. The van der Waals surface area contributed by atoms with E-state index in [2.05, 4.69) is 18.3 Å². The van der Waals surface area contributed by atoms with E-state index in [0.717, 1.165) is 27.8 Å². The number of rotatable bonds is 9. The molecule has 1 aromatic heterocycles. The first-order valence-electron chi connectivity index (χ1n) is 9.17. The number of hydrogen-bond donors (Lipinski definition) is 1. The third-order valence-corrected chi connectivity index (χ3v) is 4.81. The van der Waals surface area contributed by atoms with Crippen molar-refractivity contribution in [1.82, 2.24) is 10.3 Å². The van der Waals surface area contributed by atoms with Crippen molar-refractivity contribution < 1.29 is 14.2 Å². The lowest BCUT2D eigenvalue weighted by Crippen LogP contribution is -2.29. The maximum absolute atomic E-state index is 6.26. The molecule has 0 aliphatic rings. The van der Waals surface area contributed by atoms with Gasteiger partial charge in [0, 0.05) is 47.3 Å². The lowest BCUT2D eigenvalue weighted by atomic mass is 10.1. The highest BCUT2D eigenvalue weighted by Crippen LogP contribution is 2.27. The summed E-state index contributed by atoms with van der Waals surface area (Å²) in [5.74, 6) is 1.34. The van der Waals surface area contributed by atoms with Crippen molar-refractivity contribution in [3.05, 3.63) is 64.7 Å². The topological polar surface area (TPSA) is 52.6 Å². The minimum atomic E-state index is 0.216. The van der Waals surface area contributed by atoms with E-state index in [1.807, 2.05) is 42.5 Å². The molecule has 0 bridgehead atoms. The van der Waals surface area contributed by atoms with Crippen molar-refractivity contribution in [3.63, 3.8) is 0 Å². The van der Waals surface area contributed by atoms with Crippen molar-refractivity contribution in [2.24, 2.45) is 0 Å². The van der Waals surface area contributed by atoms with Gasteiger partial charge in [-0.15, -0.1) is 0 Å². The summed E-state index contributed by atoms with van der Waals surface area (Å²) < 4.78 is 16.6. The van der Waals surface area contributed by atoms with Crippen LogP contribution in [0.15, 0.2) is 48.5 Å². The van der Waals surface area contributed by atoms with E-state index in [1.54, 1.807) is 14.2 Å². The molecule has 3 rings (SSSR count). The average Bonchev–Trinajstić information content (AvgIpc) is 2.71. The zero-order valence-corrected chi connectivity index (χ0v) is 17.1. The van der Waals surface area contributed by atoms with Crippen molar-refractivity contribution in [2.75, 3.05) is 20.8 Å². The van der Waals surface area contributed by atoms with Crippen molar-refractivity contribution >= 4 is 22.5 Å². The van der Waals surface area contributed by atoms with Gasteiger partial charge in [0.1, 0.15) is 12.4 Å². The van der Waals surface area contributed by atoms with Crippen LogP contribution in [0.4, 0.5) is 0 Å². The number of hydrogen-bond acceptors (Lipinski definition) is 5. The van der Waals surface area contributed by atoms with Crippen LogP contribution < -0.4 is 14.8 Å². The summed E-state index contributed by atoms with van der Waals surface area (Å²) in [6.45, 7) is 3.68. The number of ether oxygens (including phenoxy) is 3. The fraction of sp³-hybridized carbons (Fsp3) is 0.318. The monoisotopic (exact) mass is 400 g/mol. The van der Waals surface area contributed by atoms with Gasteiger partial charge in [-0.05, 0) is 31.2 Å². The molecule has 0 aliphatic heterocycles. The lowest BCUT2D eigenvalue weighted by molar-refractivity contribution is 0.171. The highest BCUT2D eigenvalue weighted by Gasteiger charge is 2.12. The number of pyridine rings is 1. The Bertz CT molecular complexity index is 933. The van der Waals surface area contributed by atoms with E-state index >= 15 is 0 Å². The maximum atomic E-state index is 6.26. The van der Waals surface area contributed by atoms with Crippen LogP contribution in [0.25, 0.3) is 10.9 Å². The molecule has 0 saturated heterocycles. The number of benzene rings is 2. The normalized spacial score (nSPS) is 12.1. The number of nitrogens with one attached hydrogen (secondary N) is 1. The second-order valence-corrected chi connectivity index (χ2v) is 7.04. The Morgan fingerprint density at radius 2 is 1.89 bits per heavy atom. The predicted molar refractivity (Wildman–Crippen MR) is 112 cm³/mol. The molecule has 2 aromatic carbocycles. The second kappa shape index (κ2) is 9.73. The van der Waals surface area contributed by atoms with E-state index in [1.165, 1.54) is 0 Å². The molecular formula is C22H25ClN2O3. The average molecular weight is 401 g/mol. The van der Waals surface area contributed by atoms with Gasteiger partial charge < -0.3 is 19.5 Å². The molecule has 6 heteroatoms. The summed E-state index contributed by atoms with van der Waals surface area (Å²) in [6, 6.07) is 15.8. The van der Waals surface area contributed by atoms with Gasteiger partial charge in [0.05, 0.1) is 19.2 Å². The first-order chi connectivity index (χ1) is 13.6. The van der Waals surface area contributed by atoms with Crippen molar-refractivity contribution in [3.8, 4) is 11.6 Å². The van der Waals surface area contributed by atoms with Gasteiger partial charge in [-0.2, -0.15) is 0 Å². The predicted octanol–water partition coefficient (Wildman–Crippen LogP) is 4.60. The molecule has 1 atom stereocenters. The third-order valence-electron chi connectivity index (χ3n) is 4.44. The summed E-state index contributed by atoms with van der Waals surface area (Å²) in [6.07, 6.45) is 0. The molecule has 28 heavy (non-hydrogen) atoms. The molecule has 148 valence electrons. The Kier molecular flexibility index (Phi) is 7.09. The SMILES string of the molecule is COC[C@@H](C)NCc1cc2ccc(OC)cc2nc1OCc1ccccc1Cl. The van der Waals surface area contributed by atoms with Gasteiger partial charge in [-0.3, -0.25) is 0 Å². The Hall–Kier alpha value is -2.34. The van der Waals surface area contributed by atoms with E-state index in [-0.39, 0.29) is 6.04 Å². The minimum Gasteiger partial charge on any atom is -0.497 e. The molecule has 0 radical (unpaired) electrons. The molecule has 1 heterocycles. The first-order valence-corrected chi connectivity index (χ1v) is 9.54. The molecule has 0 amide bonds. The number of halogens is 1.